The van der Waals surface area contributed by atoms with Gasteiger partial charge in [-0.2, -0.15) is 0 Å². The number of carbonyl (C=O) groups excluding carboxylic acids is 2. The summed E-state index contributed by atoms with van der Waals surface area (Å²) in [7, 11) is 0. The van der Waals surface area contributed by atoms with Crippen LogP contribution >= 0.6 is 15.9 Å². The minimum atomic E-state index is -1.36. The summed E-state index contributed by atoms with van der Waals surface area (Å²) in [5.41, 5.74) is 1.09. The van der Waals surface area contributed by atoms with Crippen molar-refractivity contribution >= 4 is 33.5 Å². The van der Waals surface area contributed by atoms with Crippen molar-refractivity contribution in [3.05, 3.63) is 58.1 Å². The molecule has 1 amide bonds. The topological polar surface area (TPSA) is 78.5 Å². The van der Waals surface area contributed by atoms with Crippen LogP contribution in [0.4, 0.5) is 5.69 Å². The highest BCUT2D eigenvalue weighted by atomic mass is 79.9. The smallest absolute Gasteiger partial charge is 0.262 e. The van der Waals surface area contributed by atoms with Gasteiger partial charge < -0.3 is 20.0 Å². The fraction of sp³-hybridized carbons (Fsp3) is 0.125. The second kappa shape index (κ2) is 7.09. The Morgan fingerprint density at radius 3 is 2.68 bits per heavy atom. The Bertz CT molecular complexity index is 715. The van der Waals surface area contributed by atoms with E-state index in [0.717, 1.165) is 5.56 Å². The van der Waals surface area contributed by atoms with E-state index in [-0.39, 0.29) is 17.9 Å². The van der Waals surface area contributed by atoms with Gasteiger partial charge in [-0.3, -0.25) is 4.79 Å². The number of hydrogen-bond acceptors (Lipinski definition) is 4. The van der Waals surface area contributed by atoms with Crippen LogP contribution in [0.25, 0.3) is 0 Å². The molecule has 5 nitrogen and oxygen atoms in total. The third-order valence-corrected chi connectivity index (χ3v) is 3.33. The highest BCUT2D eigenvalue weighted by molar-refractivity contribution is 9.10. The number of aromatic carboxylic acids is 1. The monoisotopic (exact) mass is 362 g/mol. The summed E-state index contributed by atoms with van der Waals surface area (Å²) >= 11 is 3.17. The molecule has 2 rings (SSSR count). The number of carboxylic acids is 1. The molecule has 0 atom stereocenters. The van der Waals surface area contributed by atoms with Crippen molar-refractivity contribution in [1.82, 2.24) is 0 Å². The second-order valence-electron chi connectivity index (χ2n) is 4.63. The Balaban J connectivity index is 2.02. The van der Waals surface area contributed by atoms with Gasteiger partial charge in [-0.25, -0.2) is 0 Å². The first-order valence-corrected chi connectivity index (χ1v) is 7.25. The van der Waals surface area contributed by atoms with Crippen molar-refractivity contribution in [2.75, 3.05) is 11.9 Å². The van der Waals surface area contributed by atoms with Gasteiger partial charge in [0.2, 0.25) is 0 Å². The standard InChI is InChI=1S/C16H14BrNO4/c1-10-3-2-4-12(7-10)22-9-15(19)18-14-6-5-11(17)8-13(14)16(20)21/h2-8H,9H2,1H3,(H,18,19)(H,20,21)/p-1. The highest BCUT2D eigenvalue weighted by Crippen LogP contribution is 2.20. The van der Waals surface area contributed by atoms with Gasteiger partial charge in [-0.05, 0) is 42.8 Å². The van der Waals surface area contributed by atoms with Crippen molar-refractivity contribution in [3.8, 4) is 5.75 Å². The molecule has 0 aliphatic rings. The molecular weight excluding hydrogens is 350 g/mol. The van der Waals surface area contributed by atoms with E-state index in [9.17, 15) is 14.7 Å². The minimum Gasteiger partial charge on any atom is -0.545 e. The number of anilines is 1. The molecule has 6 heteroatoms. The molecule has 2 aromatic rings. The lowest BCUT2D eigenvalue weighted by atomic mass is 10.2. The van der Waals surface area contributed by atoms with E-state index < -0.39 is 11.9 Å². The summed E-state index contributed by atoms with van der Waals surface area (Å²) in [6.07, 6.45) is 0. The van der Waals surface area contributed by atoms with Crippen molar-refractivity contribution in [3.63, 3.8) is 0 Å². The van der Waals surface area contributed by atoms with Crippen LogP contribution in [0.3, 0.4) is 0 Å². The molecule has 0 unspecified atom stereocenters. The van der Waals surface area contributed by atoms with E-state index in [1.807, 2.05) is 19.1 Å². The molecule has 1 N–H and O–H groups in total. The van der Waals surface area contributed by atoms with Crippen molar-refractivity contribution < 1.29 is 19.4 Å². The van der Waals surface area contributed by atoms with Gasteiger partial charge in [0.25, 0.3) is 5.91 Å². The third-order valence-electron chi connectivity index (χ3n) is 2.84. The summed E-state index contributed by atoms with van der Waals surface area (Å²) in [5.74, 6) is -1.24. The maximum absolute atomic E-state index is 11.9. The predicted molar refractivity (Wildman–Crippen MR) is 83.8 cm³/mol. The molecule has 0 bridgehead atoms. The predicted octanol–water partition coefficient (Wildman–Crippen LogP) is 2.14. The molecule has 0 spiro atoms. The number of ether oxygens (including phenoxy) is 1. The molecule has 22 heavy (non-hydrogen) atoms. The summed E-state index contributed by atoms with van der Waals surface area (Å²) in [4.78, 5) is 22.9. The van der Waals surface area contributed by atoms with Crippen LogP contribution < -0.4 is 15.2 Å². The molecule has 114 valence electrons. The number of halogens is 1. The fourth-order valence-electron chi connectivity index (χ4n) is 1.83. The van der Waals surface area contributed by atoms with Crippen molar-refractivity contribution in [2.24, 2.45) is 0 Å². The molecular formula is C16H13BrNO4-. The third kappa shape index (κ3) is 4.33. The maximum Gasteiger partial charge on any atom is 0.262 e. The number of hydrogen-bond donors (Lipinski definition) is 1. The zero-order valence-electron chi connectivity index (χ0n) is 11.8. The summed E-state index contributed by atoms with van der Waals surface area (Å²) in [6, 6.07) is 11.8. The van der Waals surface area contributed by atoms with Gasteiger partial charge in [0.05, 0.1) is 5.97 Å². The highest BCUT2D eigenvalue weighted by Gasteiger charge is 2.09. The Hall–Kier alpha value is -2.34. The summed E-state index contributed by atoms with van der Waals surface area (Å²) < 4.78 is 5.94. The molecule has 0 fully saturated rings. The van der Waals surface area contributed by atoms with E-state index >= 15 is 0 Å². The van der Waals surface area contributed by atoms with Crippen LogP contribution in [-0.4, -0.2) is 18.5 Å². The number of aryl methyl sites for hydroxylation is 1. The first kappa shape index (κ1) is 16.0. The van der Waals surface area contributed by atoms with E-state index in [1.165, 1.54) is 12.1 Å². The van der Waals surface area contributed by atoms with Gasteiger partial charge in [-0.15, -0.1) is 0 Å². The SMILES string of the molecule is Cc1cccc(OCC(=O)Nc2ccc(Br)cc2C(=O)[O-])c1. The number of carbonyl (C=O) groups is 2. The molecule has 0 saturated heterocycles. The lowest BCUT2D eigenvalue weighted by molar-refractivity contribution is -0.254. The summed E-state index contributed by atoms with van der Waals surface area (Å²) in [6.45, 7) is 1.70. The zero-order chi connectivity index (χ0) is 16.1. The maximum atomic E-state index is 11.9. The Morgan fingerprint density at radius 2 is 2.00 bits per heavy atom. The van der Waals surface area contributed by atoms with Crippen LogP contribution in [0, 0.1) is 6.92 Å². The van der Waals surface area contributed by atoms with Crippen molar-refractivity contribution in [1.29, 1.82) is 0 Å². The molecule has 0 aliphatic carbocycles. The summed E-state index contributed by atoms with van der Waals surface area (Å²) in [5, 5.41) is 13.6. The Morgan fingerprint density at radius 1 is 1.23 bits per heavy atom. The van der Waals surface area contributed by atoms with Gasteiger partial charge in [0.15, 0.2) is 6.61 Å². The van der Waals surface area contributed by atoms with Crippen LogP contribution in [0.2, 0.25) is 0 Å². The number of nitrogens with one attached hydrogen (secondary N) is 1. The van der Waals surface area contributed by atoms with Gasteiger partial charge >= 0.3 is 0 Å². The van der Waals surface area contributed by atoms with Crippen LogP contribution in [-0.2, 0) is 4.79 Å². The number of amides is 1. The van der Waals surface area contributed by atoms with Gasteiger partial charge in [-0.1, -0.05) is 28.1 Å². The van der Waals surface area contributed by atoms with Crippen LogP contribution in [0.15, 0.2) is 46.9 Å². The number of carboxylic acid groups (broad SMARTS) is 1. The largest absolute Gasteiger partial charge is 0.545 e. The molecule has 2 aromatic carbocycles. The zero-order valence-corrected chi connectivity index (χ0v) is 13.3. The normalized spacial score (nSPS) is 10.1. The second-order valence-corrected chi connectivity index (χ2v) is 5.55. The quantitative estimate of drug-likeness (QED) is 0.883. The van der Waals surface area contributed by atoms with Crippen molar-refractivity contribution in [2.45, 2.75) is 6.92 Å². The number of benzene rings is 2. The van der Waals surface area contributed by atoms with Crippen LogP contribution in [0.5, 0.6) is 5.75 Å². The van der Waals surface area contributed by atoms with E-state index in [4.69, 9.17) is 4.74 Å². The molecule has 0 heterocycles. The Labute approximate surface area is 136 Å². The Kier molecular flexibility index (Phi) is 5.16. The number of rotatable bonds is 5. The first-order chi connectivity index (χ1) is 10.5. The van der Waals surface area contributed by atoms with E-state index in [1.54, 1.807) is 18.2 Å². The molecule has 0 radical (unpaired) electrons. The van der Waals surface area contributed by atoms with Crippen LogP contribution in [0.1, 0.15) is 15.9 Å². The lowest BCUT2D eigenvalue weighted by Gasteiger charge is -2.13. The molecule has 0 aromatic heterocycles. The fourth-order valence-corrected chi connectivity index (χ4v) is 2.20. The van der Waals surface area contributed by atoms with Gasteiger partial charge in [0.1, 0.15) is 5.75 Å². The molecule has 0 saturated carbocycles. The average Bonchev–Trinajstić information content (AvgIpc) is 2.47. The lowest BCUT2D eigenvalue weighted by Crippen LogP contribution is -2.26. The van der Waals surface area contributed by atoms with Gasteiger partial charge in [0, 0.05) is 15.7 Å². The van der Waals surface area contributed by atoms with E-state index in [2.05, 4.69) is 21.2 Å². The first-order valence-electron chi connectivity index (χ1n) is 6.46. The average molecular weight is 363 g/mol. The van der Waals surface area contributed by atoms with E-state index in [0.29, 0.717) is 10.2 Å². The molecule has 0 aliphatic heterocycles. The minimum absolute atomic E-state index is 0.0988.